The SMILES string of the molecule is COc1ccc(OC)c(C(=O)OOC(=O)OCCC(COC(=O)OOC(=O)c2cc(OC)ccc2OC)C(COC(=O)OOC(=O)c2cc(OC)ccc2OC)C(CCOC(=O)OOC(=O)c2cc(OC)ccc2OC)COC(=O)OOC(=O)c2cc(OC)ccc2OC)c1. The Balaban J connectivity index is 1.49. The summed E-state index contributed by atoms with van der Waals surface area (Å²) in [5.74, 6) is -10.2. The maximum Gasteiger partial charge on any atom is 0.549 e. The van der Waals surface area contributed by atoms with E-state index in [1.54, 1.807) is 0 Å². The Morgan fingerprint density at radius 3 is 0.684 bits per heavy atom. The van der Waals surface area contributed by atoms with Gasteiger partial charge in [-0.05, 0) is 104 Å². The molecule has 0 saturated carbocycles. The Bertz CT molecular complexity index is 3290. The van der Waals surface area contributed by atoms with E-state index in [0.717, 1.165) is 0 Å². The fraction of sp³-hybridized carbons (Fsp3) is 0.333. The van der Waals surface area contributed by atoms with Crippen LogP contribution in [0, 0.1) is 17.8 Å². The first kappa shape index (κ1) is 73.5. The Kier molecular flexibility index (Phi) is 29.3. The van der Waals surface area contributed by atoms with Gasteiger partial charge in [-0.25, -0.2) is 72.8 Å². The molecule has 95 heavy (non-hydrogen) atoms. The molecule has 5 rings (SSSR count). The van der Waals surface area contributed by atoms with Gasteiger partial charge in [0.2, 0.25) is 0 Å². The summed E-state index contributed by atoms with van der Waals surface area (Å²) >= 11 is 0. The smallest absolute Gasteiger partial charge is 0.497 e. The minimum absolute atomic E-state index is 0.0192. The molecule has 0 bridgehead atoms. The molecule has 0 radical (unpaired) electrons. The van der Waals surface area contributed by atoms with E-state index in [4.69, 9.17) is 85.7 Å². The highest BCUT2D eigenvalue weighted by Gasteiger charge is 2.36. The number of rotatable bonds is 29. The lowest BCUT2D eigenvalue weighted by atomic mass is 9.79. The number of hydrogen-bond donors (Lipinski definition) is 0. The monoisotopic (exact) mass is 1340 g/mol. The van der Waals surface area contributed by atoms with Gasteiger partial charge >= 0.3 is 60.6 Å². The molecule has 0 heterocycles. The molecule has 0 aliphatic rings. The Hall–Kier alpha value is -12.2. The van der Waals surface area contributed by atoms with Crippen molar-refractivity contribution in [3.63, 3.8) is 0 Å². The molecule has 512 valence electrons. The van der Waals surface area contributed by atoms with Crippen LogP contribution in [0.15, 0.2) is 91.0 Å². The summed E-state index contributed by atoms with van der Waals surface area (Å²) in [6.45, 7) is -4.53. The molecule has 35 nitrogen and oxygen atoms in total. The van der Waals surface area contributed by atoms with Gasteiger partial charge in [-0.1, -0.05) is 0 Å². The molecule has 0 N–H and O–H groups in total. The van der Waals surface area contributed by atoms with Crippen molar-refractivity contribution >= 4 is 60.6 Å². The average Bonchev–Trinajstić information content (AvgIpc) is 1.41. The van der Waals surface area contributed by atoms with E-state index in [1.807, 2.05) is 0 Å². The van der Waals surface area contributed by atoms with Crippen LogP contribution in [0.5, 0.6) is 57.5 Å². The van der Waals surface area contributed by atoms with Gasteiger partial charge in [0.1, 0.15) is 85.3 Å². The first-order chi connectivity index (χ1) is 45.8. The maximum atomic E-state index is 13.5. The fourth-order valence-electron chi connectivity index (χ4n) is 8.17. The maximum absolute atomic E-state index is 13.5. The fourth-order valence-corrected chi connectivity index (χ4v) is 8.17. The normalized spacial score (nSPS) is 11.2. The third-order valence-corrected chi connectivity index (χ3v) is 12.9. The highest BCUT2D eigenvalue weighted by Crippen LogP contribution is 2.33. The van der Waals surface area contributed by atoms with Crippen molar-refractivity contribution in [2.45, 2.75) is 12.8 Å². The van der Waals surface area contributed by atoms with Crippen molar-refractivity contribution in [2.24, 2.45) is 17.8 Å². The highest BCUT2D eigenvalue weighted by molar-refractivity contribution is 5.95. The molecule has 0 saturated heterocycles. The van der Waals surface area contributed by atoms with Gasteiger partial charge in [-0.2, -0.15) is 24.0 Å². The lowest BCUT2D eigenvalue weighted by molar-refractivity contribution is -0.210. The topological polar surface area (TPSA) is 401 Å². The zero-order chi connectivity index (χ0) is 69.4. The molecule has 0 amide bonds. The van der Waals surface area contributed by atoms with Crippen LogP contribution >= 0.6 is 0 Å². The molecule has 0 aliphatic carbocycles. The first-order valence-corrected chi connectivity index (χ1v) is 27.2. The standard InChI is InChI=1S/C60H62O35/c1-71-35-11-16-46(76-6)40(25-35)51(61)86-91-56(66)81-23-21-33(30-83-58(68)93-88-53(63)42-27-37(73-3)13-18-48(42)78-8)45(32-85-60(70)95-90-55(65)44-29-39(75-5)15-20-50(44)80-10)34(31-84-59(69)94-89-54(64)43-28-38(74-4)14-19-49(43)79-9)22-24-82-57(67)92-87-52(62)41-26-36(72-2)12-17-47(41)77-7/h11-20,25-29,33-34,45H,21-24,30-32H2,1-10H3. The Labute approximate surface area is 538 Å². The van der Waals surface area contributed by atoms with Crippen LogP contribution < -0.4 is 47.4 Å². The number of methoxy groups -OCH3 is 10. The van der Waals surface area contributed by atoms with Crippen molar-refractivity contribution in [2.75, 3.05) is 104 Å². The molecule has 0 aromatic heterocycles. The van der Waals surface area contributed by atoms with Crippen molar-refractivity contribution < 1.29 is 168 Å². The zero-order valence-electron chi connectivity index (χ0n) is 52.1. The van der Waals surface area contributed by atoms with Gasteiger partial charge in [0.15, 0.2) is 0 Å². The number of carbonyl (C=O) groups excluding carboxylic acids is 10. The van der Waals surface area contributed by atoms with Crippen LogP contribution in [-0.4, -0.2) is 165 Å². The van der Waals surface area contributed by atoms with Gasteiger partial charge < -0.3 is 71.1 Å². The molecule has 2 unspecified atom stereocenters. The van der Waals surface area contributed by atoms with Crippen LogP contribution in [0.25, 0.3) is 0 Å². The second kappa shape index (κ2) is 37.8. The quantitative estimate of drug-likeness (QED) is 0.0188. The second-order valence-corrected chi connectivity index (χ2v) is 18.2. The van der Waals surface area contributed by atoms with Gasteiger partial charge in [-0.3, -0.25) is 0 Å². The lowest BCUT2D eigenvalue weighted by Gasteiger charge is -2.32. The molecular formula is C60H62O35. The summed E-state index contributed by atoms with van der Waals surface area (Å²) < 4.78 is 78.2. The summed E-state index contributed by atoms with van der Waals surface area (Å²) in [5, 5.41) is 0. The van der Waals surface area contributed by atoms with Gasteiger partial charge in [0.25, 0.3) is 0 Å². The average molecular weight is 1340 g/mol. The van der Waals surface area contributed by atoms with Crippen molar-refractivity contribution in [3.8, 4) is 57.5 Å². The third-order valence-electron chi connectivity index (χ3n) is 12.9. The van der Waals surface area contributed by atoms with Gasteiger partial charge in [0, 0.05) is 17.8 Å². The van der Waals surface area contributed by atoms with Crippen LogP contribution in [0.3, 0.4) is 0 Å². The second-order valence-electron chi connectivity index (χ2n) is 18.2. The van der Waals surface area contributed by atoms with Gasteiger partial charge in [-0.15, -0.1) is 0 Å². The summed E-state index contributed by atoms with van der Waals surface area (Å²) in [5.41, 5.74) is -1.39. The van der Waals surface area contributed by atoms with E-state index < -0.39 is 124 Å². The molecular weight excluding hydrogens is 1280 g/mol. The minimum atomic E-state index is -1.76. The summed E-state index contributed by atoms with van der Waals surface area (Å²) in [7, 11) is 12.7. The first-order valence-electron chi connectivity index (χ1n) is 27.2. The molecule has 35 heteroatoms. The molecule has 5 aromatic carbocycles. The van der Waals surface area contributed by atoms with Crippen molar-refractivity contribution in [1.29, 1.82) is 0 Å². The summed E-state index contributed by atoms with van der Waals surface area (Å²) in [4.78, 5) is 179. The van der Waals surface area contributed by atoms with E-state index in [0.29, 0.717) is 0 Å². The molecule has 2 atom stereocenters. The predicted octanol–water partition coefficient (Wildman–Crippen LogP) is 8.33. The van der Waals surface area contributed by atoms with E-state index in [1.165, 1.54) is 162 Å². The summed E-state index contributed by atoms with van der Waals surface area (Å²) in [6, 6.07) is 20.0. The summed E-state index contributed by atoms with van der Waals surface area (Å²) in [6.07, 6.45) is -9.68. The Morgan fingerprint density at radius 1 is 0.263 bits per heavy atom. The van der Waals surface area contributed by atoms with E-state index in [2.05, 4.69) is 34.2 Å². The van der Waals surface area contributed by atoms with Crippen LogP contribution in [0.2, 0.25) is 0 Å². The number of benzene rings is 5. The Morgan fingerprint density at radius 2 is 0.474 bits per heavy atom. The minimum Gasteiger partial charge on any atom is -0.497 e. The molecule has 5 aromatic rings. The van der Waals surface area contributed by atoms with E-state index in [9.17, 15) is 47.9 Å². The van der Waals surface area contributed by atoms with Gasteiger partial charge in [0.05, 0.1) is 104 Å². The lowest BCUT2D eigenvalue weighted by Crippen LogP contribution is -2.37. The predicted molar refractivity (Wildman–Crippen MR) is 307 cm³/mol. The van der Waals surface area contributed by atoms with Crippen molar-refractivity contribution in [3.05, 3.63) is 119 Å². The van der Waals surface area contributed by atoms with E-state index >= 15 is 0 Å². The number of carbonyl (C=O) groups is 10. The molecule has 0 spiro atoms. The largest absolute Gasteiger partial charge is 0.549 e. The molecule has 0 aliphatic heterocycles. The third kappa shape index (κ3) is 22.3. The van der Waals surface area contributed by atoms with Crippen LogP contribution in [0.4, 0.5) is 24.0 Å². The van der Waals surface area contributed by atoms with Crippen LogP contribution in [-0.2, 0) is 72.6 Å². The number of ether oxygens (including phenoxy) is 15. The number of hydrogen-bond acceptors (Lipinski definition) is 35. The van der Waals surface area contributed by atoms with Crippen molar-refractivity contribution in [1.82, 2.24) is 0 Å². The van der Waals surface area contributed by atoms with E-state index in [-0.39, 0.29) is 85.3 Å². The van der Waals surface area contributed by atoms with Crippen LogP contribution in [0.1, 0.15) is 64.6 Å². The zero-order valence-corrected chi connectivity index (χ0v) is 52.1. The highest BCUT2D eigenvalue weighted by atomic mass is 17.3. The molecule has 0 fully saturated rings.